The highest BCUT2D eigenvalue weighted by atomic mass is 35.5. The quantitative estimate of drug-likeness (QED) is 0.774. The molecular weight excluding hydrogens is 403 g/mol. The van der Waals surface area contributed by atoms with Gasteiger partial charge in [0.05, 0.1) is 0 Å². The number of hydrogen-bond donors (Lipinski definition) is 1. The maximum Gasteiger partial charge on any atom is 0.245 e. The van der Waals surface area contributed by atoms with Gasteiger partial charge in [0.15, 0.2) is 0 Å². The number of halogens is 2. The number of piperidine rings is 1. The first-order chi connectivity index (χ1) is 13.4. The summed E-state index contributed by atoms with van der Waals surface area (Å²) >= 11 is 5.95. The van der Waals surface area contributed by atoms with Crippen LogP contribution in [0.25, 0.3) is 0 Å². The Kier molecular flexibility index (Phi) is 6.69. The van der Waals surface area contributed by atoms with Crippen LogP contribution in [0.2, 0.25) is 5.02 Å². The minimum Gasteiger partial charge on any atom is -0.356 e. The van der Waals surface area contributed by atoms with Crippen LogP contribution in [0.4, 0.5) is 4.39 Å². The second-order valence-corrected chi connectivity index (χ2v) is 9.12. The van der Waals surface area contributed by atoms with E-state index in [2.05, 4.69) is 5.32 Å². The molecule has 0 atom stereocenters. The zero-order valence-corrected chi connectivity index (χ0v) is 16.8. The lowest BCUT2D eigenvalue weighted by atomic mass is 9.97. The largest absolute Gasteiger partial charge is 0.356 e. The van der Waals surface area contributed by atoms with E-state index in [-0.39, 0.29) is 29.8 Å². The van der Waals surface area contributed by atoms with Gasteiger partial charge in [0, 0.05) is 30.6 Å². The summed E-state index contributed by atoms with van der Waals surface area (Å²) < 4.78 is 40.4. The summed E-state index contributed by atoms with van der Waals surface area (Å²) in [6.45, 7) is 0.888. The van der Waals surface area contributed by atoms with Gasteiger partial charge in [0.1, 0.15) is 10.7 Å². The molecule has 0 aliphatic carbocycles. The van der Waals surface area contributed by atoms with Crippen molar-refractivity contribution in [3.63, 3.8) is 0 Å². The van der Waals surface area contributed by atoms with Crippen molar-refractivity contribution < 1.29 is 17.6 Å². The van der Waals surface area contributed by atoms with E-state index in [0.29, 0.717) is 30.8 Å². The average molecular weight is 425 g/mol. The van der Waals surface area contributed by atoms with Gasteiger partial charge in [0.2, 0.25) is 15.9 Å². The maximum absolute atomic E-state index is 13.9. The van der Waals surface area contributed by atoms with Crippen LogP contribution < -0.4 is 5.32 Å². The molecule has 1 aliphatic heterocycles. The van der Waals surface area contributed by atoms with Crippen LogP contribution in [-0.2, 0) is 21.2 Å². The second kappa shape index (κ2) is 9.03. The summed E-state index contributed by atoms with van der Waals surface area (Å²) in [5.74, 6) is -1.08. The van der Waals surface area contributed by atoms with Gasteiger partial charge >= 0.3 is 0 Å². The third-order valence-corrected chi connectivity index (χ3v) is 7.05. The zero-order chi connectivity index (χ0) is 20.1. The highest BCUT2D eigenvalue weighted by Gasteiger charge is 2.33. The molecule has 0 unspecified atom stereocenters. The van der Waals surface area contributed by atoms with Gasteiger partial charge in [-0.3, -0.25) is 4.79 Å². The predicted molar refractivity (Wildman–Crippen MR) is 106 cm³/mol. The number of rotatable bonds is 6. The summed E-state index contributed by atoms with van der Waals surface area (Å²) in [5.41, 5.74) is 1.04. The van der Waals surface area contributed by atoms with Crippen molar-refractivity contribution >= 4 is 27.5 Å². The van der Waals surface area contributed by atoms with Gasteiger partial charge in [-0.2, -0.15) is 4.31 Å². The fraction of sp³-hybridized carbons (Fsp3) is 0.350. The van der Waals surface area contributed by atoms with Gasteiger partial charge in [-0.1, -0.05) is 35.9 Å². The van der Waals surface area contributed by atoms with E-state index in [1.807, 2.05) is 18.2 Å². The standard InChI is InChI=1S/C20H22ClFN2O3S/c21-17-5-3-4-15(14-17)8-11-23-20(25)16-9-12-24(13-10-16)28(26,27)19-7-2-1-6-18(19)22/h1-7,14,16H,8-13H2,(H,23,25). The highest BCUT2D eigenvalue weighted by molar-refractivity contribution is 7.89. The van der Waals surface area contributed by atoms with E-state index in [1.54, 1.807) is 6.07 Å². The molecule has 0 spiro atoms. The number of carbonyl (C=O) groups is 1. The van der Waals surface area contributed by atoms with Crippen molar-refractivity contribution in [1.82, 2.24) is 9.62 Å². The lowest BCUT2D eigenvalue weighted by molar-refractivity contribution is -0.126. The van der Waals surface area contributed by atoms with Crippen LogP contribution in [0.3, 0.4) is 0 Å². The van der Waals surface area contributed by atoms with Crippen molar-refractivity contribution in [3.05, 3.63) is 64.9 Å². The Bertz CT molecular complexity index is 944. The van der Waals surface area contributed by atoms with Gasteiger partial charge in [-0.05, 0) is 49.1 Å². The number of nitrogens with one attached hydrogen (secondary N) is 1. The molecule has 0 bridgehead atoms. The predicted octanol–water partition coefficient (Wildman–Crippen LogP) is 3.24. The molecule has 28 heavy (non-hydrogen) atoms. The first kappa shape index (κ1) is 20.8. The maximum atomic E-state index is 13.9. The third-order valence-electron chi connectivity index (χ3n) is 4.88. The summed E-state index contributed by atoms with van der Waals surface area (Å²) in [4.78, 5) is 12.1. The van der Waals surface area contributed by atoms with Crippen molar-refractivity contribution in [2.24, 2.45) is 5.92 Å². The minimum absolute atomic E-state index is 0.0787. The van der Waals surface area contributed by atoms with Gasteiger partial charge < -0.3 is 5.32 Å². The Morgan fingerprint density at radius 3 is 2.54 bits per heavy atom. The summed E-state index contributed by atoms with van der Waals surface area (Å²) in [6.07, 6.45) is 1.50. The summed E-state index contributed by atoms with van der Waals surface area (Å²) in [7, 11) is -3.88. The average Bonchev–Trinajstić information content (AvgIpc) is 2.68. The van der Waals surface area contributed by atoms with Crippen molar-refractivity contribution in [2.45, 2.75) is 24.2 Å². The fourth-order valence-electron chi connectivity index (χ4n) is 3.32. The molecule has 8 heteroatoms. The number of carbonyl (C=O) groups excluding carboxylic acids is 1. The van der Waals surface area contributed by atoms with E-state index in [1.165, 1.54) is 22.5 Å². The molecule has 2 aromatic carbocycles. The Hall–Kier alpha value is -1.96. The molecule has 1 amide bonds. The molecule has 0 radical (unpaired) electrons. The Morgan fingerprint density at radius 1 is 1.14 bits per heavy atom. The molecule has 1 N–H and O–H groups in total. The molecule has 1 fully saturated rings. The SMILES string of the molecule is O=C(NCCc1cccc(Cl)c1)C1CCN(S(=O)(=O)c2ccccc2F)CC1. The highest BCUT2D eigenvalue weighted by Crippen LogP contribution is 2.25. The van der Waals surface area contributed by atoms with E-state index in [0.717, 1.165) is 11.6 Å². The van der Waals surface area contributed by atoms with Gasteiger partial charge in [0.25, 0.3) is 0 Å². The Labute approximate surface area is 169 Å². The number of hydrogen-bond acceptors (Lipinski definition) is 3. The van der Waals surface area contributed by atoms with E-state index in [4.69, 9.17) is 11.6 Å². The second-order valence-electron chi connectivity index (χ2n) is 6.78. The van der Waals surface area contributed by atoms with Crippen molar-refractivity contribution in [1.29, 1.82) is 0 Å². The smallest absolute Gasteiger partial charge is 0.245 e. The van der Waals surface area contributed by atoms with Gasteiger partial charge in [-0.15, -0.1) is 0 Å². The molecule has 0 saturated carbocycles. The van der Waals surface area contributed by atoms with Crippen molar-refractivity contribution in [3.8, 4) is 0 Å². The number of sulfonamides is 1. The normalized spacial score (nSPS) is 16.1. The van der Waals surface area contributed by atoms with E-state index >= 15 is 0 Å². The third kappa shape index (κ3) is 4.90. The van der Waals surface area contributed by atoms with Crippen LogP contribution in [0.5, 0.6) is 0 Å². The summed E-state index contributed by atoms with van der Waals surface area (Å²) in [6, 6.07) is 12.8. The first-order valence-electron chi connectivity index (χ1n) is 9.15. The minimum atomic E-state index is -3.88. The zero-order valence-electron chi connectivity index (χ0n) is 15.3. The Balaban J connectivity index is 1.50. The first-order valence-corrected chi connectivity index (χ1v) is 11.0. The number of nitrogens with zero attached hydrogens (tertiary/aromatic N) is 1. The van der Waals surface area contributed by atoms with Crippen LogP contribution in [0.1, 0.15) is 18.4 Å². The van der Waals surface area contributed by atoms with E-state index < -0.39 is 15.8 Å². The lowest BCUT2D eigenvalue weighted by Crippen LogP contribution is -2.43. The molecule has 3 rings (SSSR count). The fourth-order valence-corrected chi connectivity index (χ4v) is 5.07. The van der Waals surface area contributed by atoms with Crippen LogP contribution in [-0.4, -0.2) is 38.3 Å². The Morgan fingerprint density at radius 2 is 1.86 bits per heavy atom. The molecule has 1 aliphatic rings. The van der Waals surface area contributed by atoms with E-state index in [9.17, 15) is 17.6 Å². The van der Waals surface area contributed by atoms with Crippen molar-refractivity contribution in [2.75, 3.05) is 19.6 Å². The molecule has 2 aromatic rings. The molecule has 150 valence electrons. The topological polar surface area (TPSA) is 66.5 Å². The van der Waals surface area contributed by atoms with Crippen LogP contribution in [0.15, 0.2) is 53.4 Å². The molecule has 1 heterocycles. The van der Waals surface area contributed by atoms with Crippen LogP contribution in [0, 0.1) is 11.7 Å². The number of benzene rings is 2. The molecule has 5 nitrogen and oxygen atoms in total. The van der Waals surface area contributed by atoms with Crippen LogP contribution >= 0.6 is 11.6 Å². The lowest BCUT2D eigenvalue weighted by Gasteiger charge is -2.30. The monoisotopic (exact) mass is 424 g/mol. The summed E-state index contributed by atoms with van der Waals surface area (Å²) in [5, 5.41) is 3.56. The molecule has 0 aromatic heterocycles. The van der Waals surface area contributed by atoms with Gasteiger partial charge in [-0.25, -0.2) is 12.8 Å². The molecular formula is C20H22ClFN2O3S. The number of amides is 1. The molecule has 1 saturated heterocycles.